The second-order valence-electron chi connectivity index (χ2n) is 2.37. The van der Waals surface area contributed by atoms with Crippen molar-refractivity contribution >= 4 is 30.6 Å². The van der Waals surface area contributed by atoms with E-state index in [-0.39, 0.29) is 24.8 Å². The summed E-state index contributed by atoms with van der Waals surface area (Å²) in [5, 5.41) is 0. The molecule has 0 saturated heterocycles. The lowest BCUT2D eigenvalue weighted by molar-refractivity contribution is 0.931. The first-order valence-electron chi connectivity index (χ1n) is 3.52. The van der Waals surface area contributed by atoms with Gasteiger partial charge in [0.15, 0.2) is 0 Å². The molecule has 0 saturated carbocycles. The highest BCUT2D eigenvalue weighted by Crippen LogP contribution is 2.06. The molecule has 76 valence electrons. The van der Waals surface area contributed by atoms with Crippen molar-refractivity contribution in [2.75, 3.05) is 12.3 Å². The molecule has 0 atom stereocenters. The van der Waals surface area contributed by atoms with E-state index in [1.165, 1.54) is 0 Å². The van der Waals surface area contributed by atoms with Crippen molar-refractivity contribution < 1.29 is 0 Å². The van der Waals surface area contributed by atoms with Crippen LogP contribution in [0.4, 0.5) is 5.82 Å². The van der Waals surface area contributed by atoms with Gasteiger partial charge < -0.3 is 11.5 Å². The van der Waals surface area contributed by atoms with Crippen molar-refractivity contribution in [3.05, 3.63) is 17.6 Å². The van der Waals surface area contributed by atoms with Crippen LogP contribution in [0.3, 0.4) is 0 Å². The van der Waals surface area contributed by atoms with E-state index in [0.29, 0.717) is 18.2 Å². The molecule has 0 aliphatic rings. The summed E-state index contributed by atoms with van der Waals surface area (Å²) in [6, 6.07) is 0. The number of aryl methyl sites for hydroxylation is 1. The lowest BCUT2D eigenvalue weighted by Crippen LogP contribution is -2.07. The standard InChI is InChI=1S/C7H12N4.2ClH/c1-5-10-4-6(2-3-8)7(9)11-5;;/h4H,2-3,8H2,1H3,(H2,9,10,11);2*1H. The largest absolute Gasteiger partial charge is 0.383 e. The first kappa shape index (κ1) is 14.9. The fraction of sp³-hybridized carbons (Fsp3) is 0.429. The van der Waals surface area contributed by atoms with Gasteiger partial charge in [-0.2, -0.15) is 0 Å². The van der Waals surface area contributed by atoms with Gasteiger partial charge in [-0.15, -0.1) is 24.8 Å². The number of hydrogen-bond acceptors (Lipinski definition) is 4. The average Bonchev–Trinajstić information content (AvgIpc) is 1.95. The van der Waals surface area contributed by atoms with Crippen LogP contribution >= 0.6 is 24.8 Å². The number of nitrogen functional groups attached to an aromatic ring is 1. The van der Waals surface area contributed by atoms with Gasteiger partial charge in [-0.1, -0.05) is 0 Å². The Labute approximate surface area is 90.0 Å². The van der Waals surface area contributed by atoms with Crippen molar-refractivity contribution in [3.8, 4) is 0 Å². The Morgan fingerprint density at radius 3 is 2.46 bits per heavy atom. The number of halogens is 2. The summed E-state index contributed by atoms with van der Waals surface area (Å²) in [6.45, 7) is 2.39. The van der Waals surface area contributed by atoms with Crippen LogP contribution < -0.4 is 11.5 Å². The lowest BCUT2D eigenvalue weighted by atomic mass is 10.2. The van der Waals surface area contributed by atoms with Crippen LogP contribution in [0.5, 0.6) is 0 Å². The summed E-state index contributed by atoms with van der Waals surface area (Å²) < 4.78 is 0. The zero-order valence-corrected chi connectivity index (χ0v) is 8.99. The Bertz CT molecular complexity index is 254. The molecule has 1 aromatic rings. The van der Waals surface area contributed by atoms with Crippen LogP contribution in [-0.4, -0.2) is 16.5 Å². The number of anilines is 1. The molecule has 1 aromatic heterocycles. The summed E-state index contributed by atoms with van der Waals surface area (Å²) in [5.41, 5.74) is 11.9. The highest BCUT2D eigenvalue weighted by atomic mass is 35.5. The third kappa shape index (κ3) is 4.26. The molecular formula is C7H14Cl2N4. The Kier molecular flexibility index (Phi) is 7.90. The van der Waals surface area contributed by atoms with Gasteiger partial charge in [0.2, 0.25) is 0 Å². The first-order valence-corrected chi connectivity index (χ1v) is 3.52. The van der Waals surface area contributed by atoms with Gasteiger partial charge in [-0.25, -0.2) is 9.97 Å². The highest BCUT2D eigenvalue weighted by Gasteiger charge is 1.99. The zero-order valence-electron chi connectivity index (χ0n) is 7.36. The number of aromatic nitrogens is 2. The summed E-state index contributed by atoms with van der Waals surface area (Å²) >= 11 is 0. The number of nitrogens with zero attached hydrogens (tertiary/aromatic N) is 2. The van der Waals surface area contributed by atoms with Gasteiger partial charge in [0.25, 0.3) is 0 Å². The molecule has 0 amide bonds. The molecule has 0 aromatic carbocycles. The molecule has 4 nitrogen and oxygen atoms in total. The SMILES string of the molecule is Cc1ncc(CCN)c(N)n1.Cl.Cl. The Balaban J connectivity index is 0. The molecule has 1 rings (SSSR count). The van der Waals surface area contributed by atoms with Crippen LogP contribution in [0, 0.1) is 6.92 Å². The van der Waals surface area contributed by atoms with Gasteiger partial charge in [0.1, 0.15) is 11.6 Å². The molecule has 13 heavy (non-hydrogen) atoms. The van der Waals surface area contributed by atoms with E-state index >= 15 is 0 Å². The second-order valence-corrected chi connectivity index (χ2v) is 2.37. The fourth-order valence-corrected chi connectivity index (χ4v) is 0.861. The monoisotopic (exact) mass is 224 g/mol. The molecule has 0 radical (unpaired) electrons. The quantitative estimate of drug-likeness (QED) is 0.777. The van der Waals surface area contributed by atoms with E-state index < -0.39 is 0 Å². The maximum Gasteiger partial charge on any atom is 0.130 e. The Morgan fingerprint density at radius 1 is 1.38 bits per heavy atom. The molecule has 0 fully saturated rings. The molecule has 0 aliphatic carbocycles. The smallest absolute Gasteiger partial charge is 0.130 e. The van der Waals surface area contributed by atoms with Crippen molar-refractivity contribution in [1.29, 1.82) is 0 Å². The van der Waals surface area contributed by atoms with E-state index in [4.69, 9.17) is 11.5 Å². The Hall–Kier alpha value is -0.580. The van der Waals surface area contributed by atoms with Crippen molar-refractivity contribution in [2.45, 2.75) is 13.3 Å². The van der Waals surface area contributed by atoms with E-state index in [0.717, 1.165) is 12.0 Å². The minimum atomic E-state index is 0. The normalized spacial score (nSPS) is 8.46. The van der Waals surface area contributed by atoms with Crippen LogP contribution in [-0.2, 0) is 6.42 Å². The average molecular weight is 225 g/mol. The van der Waals surface area contributed by atoms with Crippen molar-refractivity contribution in [2.24, 2.45) is 5.73 Å². The second kappa shape index (κ2) is 6.88. The zero-order chi connectivity index (χ0) is 8.27. The summed E-state index contributed by atoms with van der Waals surface area (Å²) in [7, 11) is 0. The summed E-state index contributed by atoms with van der Waals surface area (Å²) in [6.07, 6.45) is 2.47. The number of hydrogen-bond donors (Lipinski definition) is 2. The van der Waals surface area contributed by atoms with Crippen molar-refractivity contribution in [1.82, 2.24) is 9.97 Å². The molecule has 4 N–H and O–H groups in total. The number of rotatable bonds is 2. The fourth-order valence-electron chi connectivity index (χ4n) is 0.861. The molecule has 0 unspecified atom stereocenters. The minimum absolute atomic E-state index is 0. The third-order valence-corrected chi connectivity index (χ3v) is 1.43. The van der Waals surface area contributed by atoms with E-state index in [1.807, 2.05) is 6.92 Å². The van der Waals surface area contributed by atoms with Crippen LogP contribution in [0.1, 0.15) is 11.4 Å². The lowest BCUT2D eigenvalue weighted by Gasteiger charge is -2.01. The maximum atomic E-state index is 5.60. The van der Waals surface area contributed by atoms with E-state index in [9.17, 15) is 0 Å². The van der Waals surface area contributed by atoms with Gasteiger partial charge >= 0.3 is 0 Å². The Morgan fingerprint density at radius 2 is 2.00 bits per heavy atom. The summed E-state index contributed by atoms with van der Waals surface area (Å²) in [4.78, 5) is 8.02. The third-order valence-electron chi connectivity index (χ3n) is 1.43. The molecule has 0 bridgehead atoms. The first-order chi connectivity index (χ1) is 5.24. The molecule has 1 heterocycles. The van der Waals surface area contributed by atoms with Crippen LogP contribution in [0.25, 0.3) is 0 Å². The van der Waals surface area contributed by atoms with Crippen molar-refractivity contribution in [3.63, 3.8) is 0 Å². The topological polar surface area (TPSA) is 77.8 Å². The molecular weight excluding hydrogens is 211 g/mol. The minimum Gasteiger partial charge on any atom is -0.383 e. The molecule has 0 spiro atoms. The van der Waals surface area contributed by atoms with Crippen LogP contribution in [0.15, 0.2) is 6.20 Å². The predicted molar refractivity (Wildman–Crippen MR) is 58.4 cm³/mol. The predicted octanol–water partition coefficient (Wildman–Crippen LogP) is 0.712. The highest BCUT2D eigenvalue weighted by molar-refractivity contribution is 5.85. The van der Waals surface area contributed by atoms with E-state index in [2.05, 4.69) is 9.97 Å². The van der Waals surface area contributed by atoms with Crippen LogP contribution in [0.2, 0.25) is 0 Å². The van der Waals surface area contributed by atoms with Gasteiger partial charge in [-0.3, -0.25) is 0 Å². The maximum absolute atomic E-state index is 5.60. The molecule has 0 aliphatic heterocycles. The van der Waals surface area contributed by atoms with E-state index in [1.54, 1.807) is 6.20 Å². The number of nitrogens with two attached hydrogens (primary N) is 2. The summed E-state index contributed by atoms with van der Waals surface area (Å²) in [5.74, 6) is 1.24. The van der Waals surface area contributed by atoms with Gasteiger partial charge in [0, 0.05) is 11.8 Å². The van der Waals surface area contributed by atoms with Gasteiger partial charge in [-0.05, 0) is 19.9 Å². The molecule has 6 heteroatoms. The van der Waals surface area contributed by atoms with Gasteiger partial charge in [0.05, 0.1) is 0 Å².